The van der Waals surface area contributed by atoms with Gasteiger partial charge in [-0.2, -0.15) is 0 Å². The van der Waals surface area contributed by atoms with E-state index in [1.807, 2.05) is 0 Å². The Hall–Kier alpha value is -0.820. The van der Waals surface area contributed by atoms with Crippen LogP contribution in [-0.2, 0) is 6.42 Å². The van der Waals surface area contributed by atoms with Crippen LogP contribution in [0.1, 0.15) is 50.3 Å². The van der Waals surface area contributed by atoms with E-state index in [1.165, 1.54) is 30.4 Å². The fraction of sp³-hybridized carbons (Fsp3) is 0.647. The number of rotatable bonds is 4. The Balaban J connectivity index is 1.72. The first-order valence-corrected chi connectivity index (χ1v) is 7.51. The maximum atomic E-state index is 6.49. The molecule has 1 aromatic rings. The molecule has 2 aliphatic rings. The summed E-state index contributed by atoms with van der Waals surface area (Å²) in [6.45, 7) is 4.55. The first kappa shape index (κ1) is 12.2. The minimum Gasteiger partial charge on any atom is -0.324 e. The Labute approximate surface area is 111 Å². The highest BCUT2D eigenvalue weighted by Crippen LogP contribution is 2.61. The maximum absolute atomic E-state index is 6.49. The minimum atomic E-state index is 0.285. The minimum absolute atomic E-state index is 0.285. The Bertz CT molecular complexity index is 413. The van der Waals surface area contributed by atoms with Crippen molar-refractivity contribution in [2.75, 3.05) is 0 Å². The monoisotopic (exact) mass is 243 g/mol. The van der Waals surface area contributed by atoms with Gasteiger partial charge in [-0.1, -0.05) is 44.5 Å². The molecular formula is C17H25N. The lowest BCUT2D eigenvalue weighted by Gasteiger charge is -2.16. The van der Waals surface area contributed by atoms with E-state index < -0.39 is 0 Å². The molecule has 98 valence electrons. The van der Waals surface area contributed by atoms with Crippen LogP contribution in [-0.4, -0.2) is 0 Å². The molecule has 2 N–H and O–H groups in total. The third-order valence-corrected chi connectivity index (χ3v) is 4.87. The molecule has 2 aliphatic carbocycles. The molecule has 1 nitrogen and oxygen atoms in total. The van der Waals surface area contributed by atoms with Crippen molar-refractivity contribution < 1.29 is 0 Å². The molecule has 0 spiro atoms. The molecule has 0 radical (unpaired) electrons. The normalized spacial score (nSPS) is 31.4. The van der Waals surface area contributed by atoms with E-state index in [0.717, 1.165) is 30.1 Å². The van der Waals surface area contributed by atoms with Gasteiger partial charge in [0.1, 0.15) is 0 Å². The van der Waals surface area contributed by atoms with Crippen LogP contribution in [0, 0.1) is 23.7 Å². The van der Waals surface area contributed by atoms with Gasteiger partial charge >= 0.3 is 0 Å². The third kappa shape index (κ3) is 2.21. The van der Waals surface area contributed by atoms with E-state index >= 15 is 0 Å². The second-order valence-corrected chi connectivity index (χ2v) is 6.70. The van der Waals surface area contributed by atoms with Crippen LogP contribution in [0.4, 0.5) is 0 Å². The molecule has 0 heterocycles. The van der Waals surface area contributed by atoms with Gasteiger partial charge in [0.2, 0.25) is 0 Å². The predicted octanol–water partition coefficient (Wildman–Crippen LogP) is 3.93. The summed E-state index contributed by atoms with van der Waals surface area (Å²) in [5.41, 5.74) is 9.31. The SMILES string of the molecule is CC(C)Cc1cccc(C(N)C2C3CCCC32)c1. The van der Waals surface area contributed by atoms with Gasteiger partial charge in [-0.05, 0) is 54.1 Å². The maximum Gasteiger partial charge on any atom is 0.0329 e. The van der Waals surface area contributed by atoms with Crippen LogP contribution in [0.15, 0.2) is 24.3 Å². The van der Waals surface area contributed by atoms with Crippen molar-refractivity contribution in [2.45, 2.75) is 45.6 Å². The first-order chi connectivity index (χ1) is 8.66. The summed E-state index contributed by atoms with van der Waals surface area (Å²) >= 11 is 0. The van der Waals surface area contributed by atoms with Gasteiger partial charge in [-0.25, -0.2) is 0 Å². The van der Waals surface area contributed by atoms with Gasteiger partial charge in [0.15, 0.2) is 0 Å². The van der Waals surface area contributed by atoms with Gasteiger partial charge in [-0.15, -0.1) is 0 Å². The average Bonchev–Trinajstić information content (AvgIpc) is 2.80. The molecule has 3 atom stereocenters. The van der Waals surface area contributed by atoms with Gasteiger partial charge in [-0.3, -0.25) is 0 Å². The van der Waals surface area contributed by atoms with E-state index in [0.29, 0.717) is 0 Å². The van der Waals surface area contributed by atoms with E-state index in [9.17, 15) is 0 Å². The van der Waals surface area contributed by atoms with Crippen LogP contribution in [0.25, 0.3) is 0 Å². The molecule has 18 heavy (non-hydrogen) atoms. The standard InChI is InChI=1S/C17H25N/c1-11(2)9-12-5-3-6-13(10-12)17(18)16-14-7-4-8-15(14)16/h3,5-6,10-11,14-17H,4,7-9,18H2,1-2H3. The zero-order chi connectivity index (χ0) is 12.7. The zero-order valence-electron chi connectivity index (χ0n) is 11.6. The van der Waals surface area contributed by atoms with Crippen molar-refractivity contribution in [3.05, 3.63) is 35.4 Å². The van der Waals surface area contributed by atoms with Crippen LogP contribution in [0.5, 0.6) is 0 Å². The molecule has 0 aromatic heterocycles. The fourth-order valence-corrected chi connectivity index (χ4v) is 4.03. The molecule has 2 fully saturated rings. The summed E-state index contributed by atoms with van der Waals surface area (Å²) in [4.78, 5) is 0. The van der Waals surface area contributed by atoms with Crippen molar-refractivity contribution in [1.29, 1.82) is 0 Å². The van der Waals surface area contributed by atoms with E-state index in [2.05, 4.69) is 38.1 Å². The molecule has 2 saturated carbocycles. The molecule has 3 rings (SSSR count). The fourth-order valence-electron chi connectivity index (χ4n) is 4.03. The number of fused-ring (bicyclic) bond motifs is 1. The Morgan fingerprint density at radius 2 is 1.94 bits per heavy atom. The predicted molar refractivity (Wildman–Crippen MR) is 76.2 cm³/mol. The van der Waals surface area contributed by atoms with Crippen LogP contribution in [0.2, 0.25) is 0 Å². The molecule has 0 saturated heterocycles. The summed E-state index contributed by atoms with van der Waals surface area (Å²) in [5.74, 6) is 3.41. The van der Waals surface area contributed by atoms with Crippen molar-refractivity contribution in [2.24, 2.45) is 29.4 Å². The van der Waals surface area contributed by atoms with Crippen LogP contribution >= 0.6 is 0 Å². The number of hydrogen-bond acceptors (Lipinski definition) is 1. The third-order valence-electron chi connectivity index (χ3n) is 4.87. The number of nitrogens with two attached hydrogens (primary N) is 1. The second kappa shape index (κ2) is 4.70. The smallest absolute Gasteiger partial charge is 0.0329 e. The highest BCUT2D eigenvalue weighted by Gasteiger charge is 2.55. The summed E-state index contributed by atoms with van der Waals surface area (Å²) in [6.07, 6.45) is 5.45. The molecule has 1 heteroatoms. The summed E-state index contributed by atoms with van der Waals surface area (Å²) in [5, 5.41) is 0. The van der Waals surface area contributed by atoms with Gasteiger partial charge < -0.3 is 5.73 Å². The van der Waals surface area contributed by atoms with E-state index in [1.54, 1.807) is 0 Å². The average molecular weight is 243 g/mol. The lowest BCUT2D eigenvalue weighted by Crippen LogP contribution is -2.15. The van der Waals surface area contributed by atoms with Gasteiger partial charge in [0.05, 0.1) is 0 Å². The van der Waals surface area contributed by atoms with Crippen molar-refractivity contribution in [3.63, 3.8) is 0 Å². The first-order valence-electron chi connectivity index (χ1n) is 7.51. The van der Waals surface area contributed by atoms with Crippen LogP contribution in [0.3, 0.4) is 0 Å². The molecule has 3 unspecified atom stereocenters. The lowest BCUT2D eigenvalue weighted by atomic mass is 9.94. The summed E-state index contributed by atoms with van der Waals surface area (Å²) in [7, 11) is 0. The highest BCUT2D eigenvalue weighted by molar-refractivity contribution is 5.28. The van der Waals surface area contributed by atoms with Gasteiger partial charge in [0, 0.05) is 6.04 Å². The Kier molecular flexibility index (Phi) is 3.19. The number of benzene rings is 1. The van der Waals surface area contributed by atoms with Crippen LogP contribution < -0.4 is 5.73 Å². The largest absolute Gasteiger partial charge is 0.324 e. The molecule has 1 aromatic carbocycles. The summed E-state index contributed by atoms with van der Waals surface area (Å²) < 4.78 is 0. The van der Waals surface area contributed by atoms with Crippen molar-refractivity contribution >= 4 is 0 Å². The van der Waals surface area contributed by atoms with E-state index in [-0.39, 0.29) is 6.04 Å². The Morgan fingerprint density at radius 1 is 1.22 bits per heavy atom. The summed E-state index contributed by atoms with van der Waals surface area (Å²) in [6, 6.07) is 9.28. The molecule has 0 aliphatic heterocycles. The second-order valence-electron chi connectivity index (χ2n) is 6.70. The molecule has 0 bridgehead atoms. The van der Waals surface area contributed by atoms with Crippen molar-refractivity contribution in [3.8, 4) is 0 Å². The van der Waals surface area contributed by atoms with Crippen molar-refractivity contribution in [1.82, 2.24) is 0 Å². The lowest BCUT2D eigenvalue weighted by molar-refractivity contribution is 0.501. The highest BCUT2D eigenvalue weighted by atomic mass is 14.7. The zero-order valence-corrected chi connectivity index (χ0v) is 11.6. The number of hydrogen-bond donors (Lipinski definition) is 1. The quantitative estimate of drug-likeness (QED) is 0.852. The molecule has 0 amide bonds. The Morgan fingerprint density at radius 3 is 2.61 bits per heavy atom. The topological polar surface area (TPSA) is 26.0 Å². The van der Waals surface area contributed by atoms with E-state index in [4.69, 9.17) is 5.73 Å². The molecular weight excluding hydrogens is 218 g/mol. The van der Waals surface area contributed by atoms with Gasteiger partial charge in [0.25, 0.3) is 0 Å².